The molecule has 4 heteroatoms. The van der Waals surface area contributed by atoms with E-state index in [1.165, 1.54) is 11.1 Å². The first-order valence-electron chi connectivity index (χ1n) is 18.3. The van der Waals surface area contributed by atoms with E-state index in [4.69, 9.17) is 14.7 Å². The molecule has 8 aromatic rings. The van der Waals surface area contributed by atoms with E-state index in [0.717, 1.165) is 78.0 Å². The summed E-state index contributed by atoms with van der Waals surface area (Å²) in [7, 11) is 0. The maximum atomic E-state index is 9.63. The molecule has 1 aliphatic carbocycles. The number of allylic oxidation sites excluding steroid dienone is 4. The molecule has 0 bridgehead atoms. The van der Waals surface area contributed by atoms with Gasteiger partial charge in [0, 0.05) is 39.2 Å². The van der Waals surface area contributed by atoms with Crippen molar-refractivity contribution in [3.05, 3.63) is 210 Å². The molecule has 0 amide bonds. The highest BCUT2D eigenvalue weighted by Crippen LogP contribution is 2.57. The van der Waals surface area contributed by atoms with Crippen LogP contribution in [-0.4, -0.2) is 9.97 Å². The van der Waals surface area contributed by atoms with Crippen LogP contribution in [-0.2, 0) is 5.41 Å². The Kier molecular flexibility index (Phi) is 7.52. The average molecular weight is 692 g/mol. The van der Waals surface area contributed by atoms with Crippen LogP contribution in [0.25, 0.3) is 49.8 Å². The van der Waals surface area contributed by atoms with Gasteiger partial charge in [0.2, 0.25) is 0 Å². The topological polar surface area (TPSA) is 58.8 Å². The van der Waals surface area contributed by atoms with Gasteiger partial charge in [0.05, 0.1) is 34.1 Å². The van der Waals surface area contributed by atoms with E-state index in [9.17, 15) is 5.26 Å². The van der Waals surface area contributed by atoms with Crippen molar-refractivity contribution < 1.29 is 4.74 Å². The minimum atomic E-state index is -0.627. The largest absolute Gasteiger partial charge is 0.456 e. The molecule has 2 aliphatic rings. The fourth-order valence-corrected chi connectivity index (χ4v) is 8.37. The third kappa shape index (κ3) is 5.05. The maximum absolute atomic E-state index is 9.63. The molecule has 0 saturated heterocycles. The highest BCUT2D eigenvalue weighted by atomic mass is 16.5. The molecule has 1 unspecified atom stereocenters. The van der Waals surface area contributed by atoms with Crippen LogP contribution in [0.3, 0.4) is 0 Å². The van der Waals surface area contributed by atoms with Crippen molar-refractivity contribution in [1.82, 2.24) is 9.97 Å². The molecule has 0 fully saturated rings. The predicted octanol–water partition coefficient (Wildman–Crippen LogP) is 12.1. The SMILES string of the molecule is N#CC1C=CC(c2cc(-c3ccc4ccc5cccnc5c4n3)cc(-c3cccc4c3Oc3ccccc3C4(c3ccccc3)c3ccccc3)c2)=CC1. The summed E-state index contributed by atoms with van der Waals surface area (Å²) in [4.78, 5) is 9.99. The number of aromatic nitrogens is 2. The molecule has 254 valence electrons. The third-order valence-electron chi connectivity index (χ3n) is 10.9. The summed E-state index contributed by atoms with van der Waals surface area (Å²) in [6, 6.07) is 58.1. The van der Waals surface area contributed by atoms with Gasteiger partial charge >= 0.3 is 0 Å². The highest BCUT2D eigenvalue weighted by Gasteiger charge is 2.45. The minimum absolute atomic E-state index is 0.127. The van der Waals surface area contributed by atoms with E-state index < -0.39 is 5.41 Å². The first-order chi connectivity index (χ1) is 26.7. The van der Waals surface area contributed by atoms with Crippen molar-refractivity contribution in [2.24, 2.45) is 5.92 Å². The fraction of sp³-hybridized carbons (Fsp3) is 0.0600. The Balaban J connectivity index is 1.23. The number of fused-ring (bicyclic) bond motifs is 5. The van der Waals surface area contributed by atoms with Crippen molar-refractivity contribution >= 4 is 27.4 Å². The Hall–Kier alpha value is -7.09. The Morgan fingerprint density at radius 3 is 2.07 bits per heavy atom. The molecule has 1 atom stereocenters. The molecule has 0 spiro atoms. The summed E-state index contributed by atoms with van der Waals surface area (Å²) < 4.78 is 7.04. The van der Waals surface area contributed by atoms with Crippen LogP contribution in [0.2, 0.25) is 0 Å². The normalized spacial score (nSPS) is 15.5. The van der Waals surface area contributed by atoms with Crippen LogP contribution in [0.15, 0.2) is 182 Å². The predicted molar refractivity (Wildman–Crippen MR) is 217 cm³/mol. The minimum Gasteiger partial charge on any atom is -0.456 e. The van der Waals surface area contributed by atoms with Gasteiger partial charge in [0.25, 0.3) is 0 Å². The fourth-order valence-electron chi connectivity index (χ4n) is 8.37. The van der Waals surface area contributed by atoms with Crippen molar-refractivity contribution in [3.8, 4) is 40.0 Å². The number of hydrogen-bond acceptors (Lipinski definition) is 4. The zero-order valence-electron chi connectivity index (χ0n) is 29.4. The van der Waals surface area contributed by atoms with Gasteiger partial charge in [-0.05, 0) is 70.6 Å². The molecule has 0 saturated carbocycles. The van der Waals surface area contributed by atoms with Gasteiger partial charge in [-0.3, -0.25) is 4.98 Å². The quantitative estimate of drug-likeness (QED) is 0.169. The van der Waals surface area contributed by atoms with Gasteiger partial charge in [-0.15, -0.1) is 0 Å². The van der Waals surface area contributed by atoms with E-state index in [1.807, 2.05) is 24.4 Å². The number of para-hydroxylation sites is 2. The zero-order valence-corrected chi connectivity index (χ0v) is 29.4. The zero-order chi connectivity index (χ0) is 36.1. The first kappa shape index (κ1) is 31.6. The van der Waals surface area contributed by atoms with Gasteiger partial charge in [-0.2, -0.15) is 5.26 Å². The van der Waals surface area contributed by atoms with Gasteiger partial charge in [-0.1, -0.05) is 140 Å². The summed E-state index contributed by atoms with van der Waals surface area (Å²) in [5, 5.41) is 11.7. The number of ether oxygens (including phenoxy) is 1. The number of benzene rings is 6. The second-order valence-corrected chi connectivity index (χ2v) is 14.0. The summed E-state index contributed by atoms with van der Waals surface area (Å²) >= 11 is 0. The van der Waals surface area contributed by atoms with Gasteiger partial charge < -0.3 is 4.74 Å². The number of rotatable bonds is 5. The molecular weight excluding hydrogens is 659 g/mol. The third-order valence-corrected chi connectivity index (χ3v) is 10.9. The van der Waals surface area contributed by atoms with Crippen molar-refractivity contribution in [3.63, 3.8) is 0 Å². The standard InChI is InChI=1S/C50H33N3O/c51-32-33-20-22-34(23-21-33)37-29-38(31-39(30-37)45-27-26-36-25-24-35-11-10-28-52-47(35)48(36)53-45)42-16-9-18-44-49(42)54-46-19-8-7-17-43(46)50(44,40-12-3-1-4-13-40)41-14-5-2-6-15-41/h1-20,22-31,33H,21H2. The molecular formula is C50H33N3O. The van der Waals surface area contributed by atoms with E-state index in [1.54, 1.807) is 0 Å². The smallest absolute Gasteiger partial charge is 0.140 e. The molecule has 1 aliphatic heterocycles. The number of nitrogens with zero attached hydrogens (tertiary/aromatic N) is 3. The summed E-state index contributed by atoms with van der Waals surface area (Å²) in [6.45, 7) is 0. The average Bonchev–Trinajstić information content (AvgIpc) is 3.25. The van der Waals surface area contributed by atoms with E-state index in [2.05, 4.69) is 164 Å². The second kappa shape index (κ2) is 12.8. The van der Waals surface area contributed by atoms with Crippen molar-refractivity contribution in [2.45, 2.75) is 11.8 Å². The summed E-state index contributed by atoms with van der Waals surface area (Å²) in [5.41, 5.74) is 11.6. The highest BCUT2D eigenvalue weighted by molar-refractivity contribution is 6.03. The first-order valence-corrected chi connectivity index (χ1v) is 18.3. The number of hydrogen-bond donors (Lipinski definition) is 0. The summed E-state index contributed by atoms with van der Waals surface area (Å²) in [6.07, 6.45) is 8.75. The number of nitriles is 1. The van der Waals surface area contributed by atoms with E-state index in [0.29, 0.717) is 6.42 Å². The Morgan fingerprint density at radius 1 is 0.630 bits per heavy atom. The Morgan fingerprint density at radius 2 is 1.31 bits per heavy atom. The molecule has 54 heavy (non-hydrogen) atoms. The van der Waals surface area contributed by atoms with Crippen LogP contribution in [0, 0.1) is 17.2 Å². The lowest BCUT2D eigenvalue weighted by molar-refractivity contribution is 0.436. The van der Waals surface area contributed by atoms with Gasteiger partial charge in [-0.25, -0.2) is 4.98 Å². The van der Waals surface area contributed by atoms with Crippen molar-refractivity contribution in [2.75, 3.05) is 0 Å². The molecule has 4 nitrogen and oxygen atoms in total. The monoisotopic (exact) mass is 691 g/mol. The van der Waals surface area contributed by atoms with Crippen LogP contribution >= 0.6 is 0 Å². The summed E-state index contributed by atoms with van der Waals surface area (Å²) in [5.74, 6) is 1.53. The van der Waals surface area contributed by atoms with E-state index in [-0.39, 0.29) is 5.92 Å². The maximum Gasteiger partial charge on any atom is 0.140 e. The van der Waals surface area contributed by atoms with E-state index >= 15 is 0 Å². The second-order valence-electron chi connectivity index (χ2n) is 14.0. The molecule has 6 aromatic carbocycles. The molecule has 3 heterocycles. The molecule has 2 aromatic heterocycles. The lowest BCUT2D eigenvalue weighted by Gasteiger charge is -2.42. The molecule has 0 N–H and O–H groups in total. The van der Waals surface area contributed by atoms with Gasteiger partial charge in [0.1, 0.15) is 11.5 Å². The lowest BCUT2D eigenvalue weighted by atomic mass is 9.63. The molecule has 0 radical (unpaired) electrons. The van der Waals surface area contributed by atoms with Crippen LogP contribution in [0.1, 0.15) is 34.2 Å². The van der Waals surface area contributed by atoms with Crippen molar-refractivity contribution in [1.29, 1.82) is 5.26 Å². The van der Waals surface area contributed by atoms with Crippen LogP contribution < -0.4 is 4.74 Å². The Labute approximate surface area is 314 Å². The van der Waals surface area contributed by atoms with Crippen LogP contribution in [0.4, 0.5) is 0 Å². The van der Waals surface area contributed by atoms with Crippen LogP contribution in [0.5, 0.6) is 11.5 Å². The molecule has 10 rings (SSSR count). The van der Waals surface area contributed by atoms with Gasteiger partial charge in [0.15, 0.2) is 0 Å². The Bertz CT molecular complexity index is 2810. The number of pyridine rings is 2. The lowest BCUT2D eigenvalue weighted by Crippen LogP contribution is -2.34.